The van der Waals surface area contributed by atoms with Crippen molar-refractivity contribution in [3.8, 4) is 0 Å². The third-order valence-corrected chi connectivity index (χ3v) is 2.14. The zero-order valence-electron chi connectivity index (χ0n) is 7.16. The molecule has 61 valence electrons. The molecular formula is C10H12NY-. The van der Waals surface area contributed by atoms with Gasteiger partial charge in [0.15, 0.2) is 0 Å². The van der Waals surface area contributed by atoms with Crippen LogP contribution in [-0.2, 0) is 32.7 Å². The van der Waals surface area contributed by atoms with Gasteiger partial charge in [0, 0.05) is 45.8 Å². The van der Waals surface area contributed by atoms with Crippen LogP contribution in [0.3, 0.4) is 0 Å². The number of para-hydroxylation sites is 1. The first-order chi connectivity index (χ1) is 5.47. The summed E-state index contributed by atoms with van der Waals surface area (Å²) in [5, 5.41) is 0. The normalized spacial score (nSPS) is 15.8. The maximum atomic E-state index is 3.24. The van der Waals surface area contributed by atoms with E-state index in [4.69, 9.17) is 0 Å². The molecule has 1 aliphatic heterocycles. The Labute approximate surface area is 99.0 Å². The van der Waals surface area contributed by atoms with Crippen LogP contribution in [0.4, 0.5) is 5.69 Å². The van der Waals surface area contributed by atoms with Crippen molar-refractivity contribution in [2.75, 3.05) is 18.0 Å². The van der Waals surface area contributed by atoms with Crippen molar-refractivity contribution in [3.63, 3.8) is 0 Å². The quantitative estimate of drug-likeness (QED) is 0.673. The molecule has 0 unspecified atom stereocenters. The van der Waals surface area contributed by atoms with E-state index < -0.39 is 0 Å². The molecule has 0 spiro atoms. The minimum absolute atomic E-state index is 0. The SMILES string of the molecule is [Y].[c-]1ccccc1N1CCCC1. The first-order valence-corrected chi connectivity index (χ1v) is 4.18. The van der Waals surface area contributed by atoms with Gasteiger partial charge in [-0.25, -0.2) is 0 Å². The summed E-state index contributed by atoms with van der Waals surface area (Å²) in [4.78, 5) is 2.39. The van der Waals surface area contributed by atoms with Crippen molar-refractivity contribution in [3.05, 3.63) is 30.3 Å². The molecular weight excluding hydrogens is 223 g/mol. The van der Waals surface area contributed by atoms with Crippen molar-refractivity contribution < 1.29 is 32.7 Å². The first-order valence-electron chi connectivity index (χ1n) is 4.18. The molecule has 1 fully saturated rings. The summed E-state index contributed by atoms with van der Waals surface area (Å²) in [6.07, 6.45) is 2.67. The molecule has 1 nitrogen and oxygen atoms in total. The molecule has 0 atom stereocenters. The molecule has 1 aromatic rings. The van der Waals surface area contributed by atoms with Crippen LogP contribution in [-0.4, -0.2) is 13.1 Å². The molecule has 0 aliphatic carbocycles. The minimum atomic E-state index is 0. The topological polar surface area (TPSA) is 3.24 Å². The van der Waals surface area contributed by atoms with E-state index in [-0.39, 0.29) is 32.7 Å². The van der Waals surface area contributed by atoms with Gasteiger partial charge in [-0.1, -0.05) is 5.69 Å². The van der Waals surface area contributed by atoms with Gasteiger partial charge in [-0.05, 0) is 12.8 Å². The summed E-state index contributed by atoms with van der Waals surface area (Å²) in [7, 11) is 0. The van der Waals surface area contributed by atoms with Gasteiger partial charge < -0.3 is 4.90 Å². The predicted molar refractivity (Wildman–Crippen MR) is 46.7 cm³/mol. The number of anilines is 1. The summed E-state index contributed by atoms with van der Waals surface area (Å²) < 4.78 is 0. The molecule has 0 aromatic heterocycles. The molecule has 1 aliphatic rings. The van der Waals surface area contributed by atoms with Crippen LogP contribution in [0.25, 0.3) is 0 Å². The molecule has 1 heterocycles. The molecule has 0 N–H and O–H groups in total. The van der Waals surface area contributed by atoms with E-state index in [1.807, 2.05) is 12.1 Å². The minimum Gasteiger partial charge on any atom is -0.394 e. The van der Waals surface area contributed by atoms with Crippen LogP contribution in [0.5, 0.6) is 0 Å². The van der Waals surface area contributed by atoms with Gasteiger partial charge in [0.05, 0.1) is 0 Å². The van der Waals surface area contributed by atoms with Gasteiger partial charge >= 0.3 is 0 Å². The standard InChI is InChI=1S/C10H12N.Y/c1-2-6-10(7-3-1)11-8-4-5-9-11;/h1-3,6H,4-5,8-9H2;/q-1;. The van der Waals surface area contributed by atoms with E-state index in [0.717, 1.165) is 0 Å². The number of benzene rings is 1. The molecule has 1 radical (unpaired) electrons. The molecule has 2 heteroatoms. The smallest absolute Gasteiger partial charge is 0.0157 e. The Morgan fingerprint density at radius 3 is 2.50 bits per heavy atom. The molecule has 0 bridgehead atoms. The van der Waals surface area contributed by atoms with Gasteiger partial charge in [0.25, 0.3) is 0 Å². The Morgan fingerprint density at radius 1 is 1.17 bits per heavy atom. The van der Waals surface area contributed by atoms with Crippen LogP contribution in [0.1, 0.15) is 12.8 Å². The van der Waals surface area contributed by atoms with Crippen LogP contribution in [0.2, 0.25) is 0 Å². The van der Waals surface area contributed by atoms with Crippen molar-refractivity contribution in [2.24, 2.45) is 0 Å². The van der Waals surface area contributed by atoms with E-state index in [2.05, 4.69) is 23.1 Å². The van der Waals surface area contributed by atoms with Crippen molar-refractivity contribution >= 4 is 5.69 Å². The van der Waals surface area contributed by atoms with E-state index >= 15 is 0 Å². The van der Waals surface area contributed by atoms with Crippen molar-refractivity contribution in [1.29, 1.82) is 0 Å². The molecule has 12 heavy (non-hydrogen) atoms. The molecule has 2 rings (SSSR count). The number of hydrogen-bond donors (Lipinski definition) is 0. The van der Waals surface area contributed by atoms with Crippen molar-refractivity contribution in [2.45, 2.75) is 12.8 Å². The van der Waals surface area contributed by atoms with Gasteiger partial charge in [-0.15, -0.1) is 6.07 Å². The molecule has 1 aromatic carbocycles. The Kier molecular flexibility index (Phi) is 4.24. The van der Waals surface area contributed by atoms with Crippen LogP contribution >= 0.6 is 0 Å². The summed E-state index contributed by atoms with van der Waals surface area (Å²) in [5.41, 5.74) is 1.25. The van der Waals surface area contributed by atoms with E-state index in [1.54, 1.807) is 0 Å². The largest absolute Gasteiger partial charge is 0.394 e. The Morgan fingerprint density at radius 2 is 1.92 bits per heavy atom. The second kappa shape index (κ2) is 4.98. The third kappa shape index (κ3) is 2.30. The van der Waals surface area contributed by atoms with Crippen LogP contribution in [0.15, 0.2) is 24.3 Å². The number of nitrogens with zero attached hydrogens (tertiary/aromatic N) is 1. The zero-order valence-corrected chi connectivity index (χ0v) is 10.0. The monoisotopic (exact) mass is 235 g/mol. The predicted octanol–water partition coefficient (Wildman–Crippen LogP) is 2.08. The van der Waals surface area contributed by atoms with E-state index in [1.165, 1.54) is 31.6 Å². The van der Waals surface area contributed by atoms with Crippen LogP contribution in [0, 0.1) is 6.07 Å². The fourth-order valence-electron chi connectivity index (χ4n) is 1.54. The summed E-state index contributed by atoms with van der Waals surface area (Å²) in [6, 6.07) is 11.4. The zero-order chi connectivity index (χ0) is 7.52. The average molecular weight is 235 g/mol. The number of hydrogen-bond acceptors (Lipinski definition) is 1. The van der Waals surface area contributed by atoms with Gasteiger partial charge in [-0.3, -0.25) is 0 Å². The third-order valence-electron chi connectivity index (χ3n) is 2.14. The number of rotatable bonds is 1. The van der Waals surface area contributed by atoms with Gasteiger partial charge in [-0.2, -0.15) is 24.3 Å². The maximum absolute atomic E-state index is 3.24. The summed E-state index contributed by atoms with van der Waals surface area (Å²) in [5.74, 6) is 0. The average Bonchev–Trinajstić information content (AvgIpc) is 2.58. The second-order valence-corrected chi connectivity index (χ2v) is 2.94. The van der Waals surface area contributed by atoms with E-state index in [9.17, 15) is 0 Å². The summed E-state index contributed by atoms with van der Waals surface area (Å²) >= 11 is 0. The fourth-order valence-corrected chi connectivity index (χ4v) is 1.54. The van der Waals surface area contributed by atoms with Gasteiger partial charge in [0.2, 0.25) is 0 Å². The summed E-state index contributed by atoms with van der Waals surface area (Å²) in [6.45, 7) is 2.42. The molecule has 0 saturated carbocycles. The van der Waals surface area contributed by atoms with Crippen molar-refractivity contribution in [1.82, 2.24) is 0 Å². The van der Waals surface area contributed by atoms with Gasteiger partial charge in [0.1, 0.15) is 0 Å². The Balaban J connectivity index is 0.000000720. The first kappa shape index (κ1) is 10.2. The molecule has 1 saturated heterocycles. The fraction of sp³-hybridized carbons (Fsp3) is 0.400. The second-order valence-electron chi connectivity index (χ2n) is 2.94. The van der Waals surface area contributed by atoms with E-state index in [0.29, 0.717) is 0 Å². The molecule has 0 amide bonds. The Bertz CT molecular complexity index is 217. The van der Waals surface area contributed by atoms with Crippen LogP contribution < -0.4 is 4.90 Å². The Hall–Kier alpha value is 0.124. The maximum Gasteiger partial charge on any atom is 0.0157 e.